The number of hydrogen-bond acceptors (Lipinski definition) is 3. The van der Waals surface area contributed by atoms with Crippen LogP contribution < -0.4 is 10.6 Å². The number of nitrogens with one attached hydrogen (secondary N) is 2. The summed E-state index contributed by atoms with van der Waals surface area (Å²) in [6, 6.07) is 12.2. The Morgan fingerprint density at radius 2 is 1.96 bits per heavy atom. The standard InChI is InChI=1S/C21H33N5O.HI/c1-15-12-18(14-26(15)19-10-11-19)24-21(22-13-20(27)25(3)4)23-16(2)17-8-6-5-7-9-17;/h5-9,15-16,18-19H,10-14H2,1-4H3,(H2,22,23,24);1H. The lowest BCUT2D eigenvalue weighted by Crippen LogP contribution is -2.46. The van der Waals surface area contributed by atoms with Gasteiger partial charge in [-0.1, -0.05) is 30.3 Å². The van der Waals surface area contributed by atoms with Crippen LogP contribution >= 0.6 is 24.0 Å². The van der Waals surface area contributed by atoms with Gasteiger partial charge in [0.05, 0.1) is 6.04 Å². The molecule has 2 N–H and O–H groups in total. The molecule has 28 heavy (non-hydrogen) atoms. The highest BCUT2D eigenvalue weighted by molar-refractivity contribution is 14.0. The molecule has 1 aromatic rings. The van der Waals surface area contributed by atoms with Crippen molar-refractivity contribution in [3.8, 4) is 0 Å². The van der Waals surface area contributed by atoms with Gasteiger partial charge in [0.2, 0.25) is 5.91 Å². The lowest BCUT2D eigenvalue weighted by molar-refractivity contribution is -0.127. The van der Waals surface area contributed by atoms with Crippen molar-refractivity contribution < 1.29 is 4.79 Å². The van der Waals surface area contributed by atoms with Gasteiger partial charge in [0.1, 0.15) is 6.54 Å². The van der Waals surface area contributed by atoms with E-state index in [1.165, 1.54) is 18.4 Å². The van der Waals surface area contributed by atoms with Crippen LogP contribution in [0.15, 0.2) is 35.3 Å². The molecule has 0 bridgehead atoms. The monoisotopic (exact) mass is 499 g/mol. The lowest BCUT2D eigenvalue weighted by atomic mass is 10.1. The van der Waals surface area contributed by atoms with Crippen molar-refractivity contribution in [2.45, 2.75) is 57.3 Å². The van der Waals surface area contributed by atoms with Gasteiger partial charge in [0.25, 0.3) is 0 Å². The fourth-order valence-electron chi connectivity index (χ4n) is 3.72. The Balaban J connectivity index is 0.00000280. The molecule has 6 nitrogen and oxygen atoms in total. The first-order chi connectivity index (χ1) is 12.9. The maximum absolute atomic E-state index is 12.0. The van der Waals surface area contributed by atoms with E-state index in [2.05, 4.69) is 46.5 Å². The molecule has 0 spiro atoms. The van der Waals surface area contributed by atoms with Crippen LogP contribution in [0.3, 0.4) is 0 Å². The van der Waals surface area contributed by atoms with Crippen LogP contribution in [0, 0.1) is 0 Å². The normalized spacial score (nSPS) is 23.6. The van der Waals surface area contributed by atoms with Crippen LogP contribution in [-0.2, 0) is 4.79 Å². The van der Waals surface area contributed by atoms with Gasteiger partial charge in [-0.2, -0.15) is 0 Å². The van der Waals surface area contributed by atoms with Crippen molar-refractivity contribution in [1.29, 1.82) is 0 Å². The molecule has 0 aromatic heterocycles. The zero-order valence-corrected chi connectivity index (χ0v) is 19.7. The van der Waals surface area contributed by atoms with Crippen LogP contribution in [0.25, 0.3) is 0 Å². The molecule has 1 aliphatic heterocycles. The third kappa shape index (κ3) is 6.34. The molecule has 7 heteroatoms. The predicted octanol–water partition coefficient (Wildman–Crippen LogP) is 2.61. The number of halogens is 1. The van der Waals surface area contributed by atoms with E-state index in [4.69, 9.17) is 0 Å². The predicted molar refractivity (Wildman–Crippen MR) is 125 cm³/mol. The van der Waals surface area contributed by atoms with Crippen molar-refractivity contribution in [1.82, 2.24) is 20.4 Å². The Morgan fingerprint density at radius 1 is 1.29 bits per heavy atom. The van der Waals surface area contributed by atoms with Crippen molar-refractivity contribution in [2.24, 2.45) is 4.99 Å². The molecule has 2 fully saturated rings. The van der Waals surface area contributed by atoms with Gasteiger partial charge in [0.15, 0.2) is 5.96 Å². The van der Waals surface area contributed by atoms with Crippen LogP contribution in [0.4, 0.5) is 0 Å². The number of likely N-dealkylation sites (N-methyl/N-ethyl adjacent to an activating group) is 1. The zero-order valence-electron chi connectivity index (χ0n) is 17.4. The fraction of sp³-hybridized carbons (Fsp3) is 0.619. The van der Waals surface area contributed by atoms with Crippen LogP contribution in [0.1, 0.15) is 44.7 Å². The van der Waals surface area contributed by atoms with Gasteiger partial charge >= 0.3 is 0 Å². The van der Waals surface area contributed by atoms with Crippen LogP contribution in [0.2, 0.25) is 0 Å². The number of carbonyl (C=O) groups is 1. The van der Waals surface area contributed by atoms with E-state index in [-0.39, 0.29) is 42.5 Å². The minimum absolute atomic E-state index is 0. The number of amides is 1. The summed E-state index contributed by atoms with van der Waals surface area (Å²) >= 11 is 0. The second-order valence-electron chi connectivity index (χ2n) is 8.08. The zero-order chi connectivity index (χ0) is 19.4. The van der Waals surface area contributed by atoms with Gasteiger partial charge in [-0.3, -0.25) is 9.69 Å². The van der Waals surface area contributed by atoms with Crippen molar-refractivity contribution in [3.05, 3.63) is 35.9 Å². The molecule has 1 heterocycles. The first-order valence-corrected chi connectivity index (χ1v) is 10.0. The van der Waals surface area contributed by atoms with E-state index in [0.29, 0.717) is 12.1 Å². The van der Waals surface area contributed by atoms with Gasteiger partial charge < -0.3 is 15.5 Å². The summed E-state index contributed by atoms with van der Waals surface area (Å²) in [7, 11) is 3.52. The molecule has 3 unspecified atom stereocenters. The molecule has 3 rings (SSSR count). The SMILES string of the molecule is CC(NC(=NCC(=O)N(C)C)NC1CC(C)N(C2CC2)C1)c1ccccc1.I. The van der Waals surface area contributed by atoms with E-state index < -0.39 is 0 Å². The number of rotatable bonds is 6. The number of nitrogens with zero attached hydrogens (tertiary/aromatic N) is 3. The number of benzene rings is 1. The van der Waals surface area contributed by atoms with Gasteiger partial charge in [-0.25, -0.2) is 4.99 Å². The Hall–Kier alpha value is -1.35. The molecule has 0 radical (unpaired) electrons. The Kier molecular flexibility index (Phi) is 8.55. The summed E-state index contributed by atoms with van der Waals surface area (Å²) in [5.74, 6) is 0.722. The smallest absolute Gasteiger partial charge is 0.243 e. The molecule has 3 atom stereocenters. The third-order valence-electron chi connectivity index (χ3n) is 5.50. The summed E-state index contributed by atoms with van der Waals surface area (Å²) in [4.78, 5) is 20.8. The summed E-state index contributed by atoms with van der Waals surface area (Å²) in [5, 5.41) is 7.06. The number of likely N-dealkylation sites (tertiary alicyclic amines) is 1. The average Bonchev–Trinajstić information content (AvgIpc) is 3.43. The summed E-state index contributed by atoms with van der Waals surface area (Å²) in [6.45, 7) is 5.63. The van der Waals surface area contributed by atoms with E-state index >= 15 is 0 Å². The minimum atomic E-state index is 0. The molecule has 1 saturated carbocycles. The number of guanidine groups is 1. The highest BCUT2D eigenvalue weighted by Gasteiger charge is 2.39. The number of aliphatic imine (C=N–C) groups is 1. The molecule has 1 aliphatic carbocycles. The number of carbonyl (C=O) groups excluding carboxylic acids is 1. The fourth-order valence-corrected chi connectivity index (χ4v) is 3.72. The molecule has 1 saturated heterocycles. The molecule has 1 amide bonds. The quantitative estimate of drug-likeness (QED) is 0.359. The molecule has 1 aromatic carbocycles. The molecular weight excluding hydrogens is 465 g/mol. The Bertz CT molecular complexity index is 662. The molecule has 2 aliphatic rings. The highest BCUT2D eigenvalue weighted by Crippen LogP contribution is 2.33. The second-order valence-corrected chi connectivity index (χ2v) is 8.08. The first kappa shape index (κ1) is 22.9. The Labute approximate surface area is 186 Å². The second kappa shape index (κ2) is 10.4. The van der Waals surface area contributed by atoms with Crippen molar-refractivity contribution in [2.75, 3.05) is 27.2 Å². The van der Waals surface area contributed by atoms with Crippen LogP contribution in [0.5, 0.6) is 0 Å². The van der Waals surface area contributed by atoms with Crippen molar-refractivity contribution in [3.63, 3.8) is 0 Å². The van der Waals surface area contributed by atoms with Crippen molar-refractivity contribution >= 4 is 35.8 Å². The number of hydrogen-bond donors (Lipinski definition) is 2. The average molecular weight is 499 g/mol. The van der Waals surface area contributed by atoms with E-state index in [0.717, 1.165) is 25.0 Å². The summed E-state index contributed by atoms with van der Waals surface area (Å²) in [5.41, 5.74) is 1.20. The maximum atomic E-state index is 12.0. The van der Waals surface area contributed by atoms with Gasteiger partial charge in [-0.15, -0.1) is 24.0 Å². The minimum Gasteiger partial charge on any atom is -0.352 e. The largest absolute Gasteiger partial charge is 0.352 e. The highest BCUT2D eigenvalue weighted by atomic mass is 127. The third-order valence-corrected chi connectivity index (χ3v) is 5.50. The van der Waals surface area contributed by atoms with Gasteiger partial charge in [0, 0.05) is 38.8 Å². The van der Waals surface area contributed by atoms with E-state index in [1.54, 1.807) is 19.0 Å². The Morgan fingerprint density at radius 3 is 2.57 bits per heavy atom. The van der Waals surface area contributed by atoms with Gasteiger partial charge in [-0.05, 0) is 38.7 Å². The van der Waals surface area contributed by atoms with E-state index in [1.807, 2.05) is 18.2 Å². The first-order valence-electron chi connectivity index (χ1n) is 10.0. The van der Waals surface area contributed by atoms with E-state index in [9.17, 15) is 4.79 Å². The maximum Gasteiger partial charge on any atom is 0.243 e. The molecule has 156 valence electrons. The lowest BCUT2D eigenvalue weighted by Gasteiger charge is -2.22. The summed E-state index contributed by atoms with van der Waals surface area (Å²) in [6.07, 6.45) is 3.77. The topological polar surface area (TPSA) is 60.0 Å². The molecular formula is C21H34IN5O. The summed E-state index contributed by atoms with van der Waals surface area (Å²) < 4.78 is 0. The van der Waals surface area contributed by atoms with Crippen LogP contribution in [-0.4, -0.2) is 67.0 Å².